The number of aromatic nitrogens is 1. The van der Waals surface area contributed by atoms with Gasteiger partial charge in [0, 0.05) is 46.9 Å². The van der Waals surface area contributed by atoms with Crippen LogP contribution in [0, 0.1) is 17.6 Å². The molecule has 3 atom stereocenters. The second-order valence-electron chi connectivity index (χ2n) is 12.2. The van der Waals surface area contributed by atoms with E-state index in [2.05, 4.69) is 4.98 Å². The number of halogens is 2. The summed E-state index contributed by atoms with van der Waals surface area (Å²) >= 11 is 0. The van der Waals surface area contributed by atoms with E-state index in [1.807, 2.05) is 66.4 Å². The number of esters is 2. The molecule has 0 fully saturated rings. The Morgan fingerprint density at radius 3 is 2.24 bits per heavy atom. The lowest BCUT2D eigenvalue weighted by molar-refractivity contribution is -0.151. The zero-order valence-corrected chi connectivity index (χ0v) is 28.6. The van der Waals surface area contributed by atoms with E-state index in [4.69, 9.17) is 28.4 Å². The molecule has 0 radical (unpaired) electrons. The molecule has 50 heavy (non-hydrogen) atoms. The normalized spacial score (nSPS) is 16.6. The third-order valence-electron chi connectivity index (χ3n) is 8.63. The second-order valence-corrected chi connectivity index (χ2v) is 12.2. The summed E-state index contributed by atoms with van der Waals surface area (Å²) in [6, 6.07) is 18.6. The minimum absolute atomic E-state index is 0.0400. The highest BCUT2D eigenvalue weighted by atomic mass is 19.1. The Labute approximate surface area is 290 Å². The van der Waals surface area contributed by atoms with E-state index >= 15 is 8.78 Å². The number of ether oxygens (including phenoxy) is 6. The van der Waals surface area contributed by atoms with Gasteiger partial charge in [-0.15, -0.1) is 0 Å². The Hall–Kier alpha value is -4.36. The van der Waals surface area contributed by atoms with Crippen LogP contribution in [0.3, 0.4) is 0 Å². The zero-order chi connectivity index (χ0) is 35.5. The number of methoxy groups -OCH3 is 1. The SMILES string of the molecule is COC(=O)[C@@H](C)CN1C(c2c(F)cc(OCCOCCOCCOCC(=O)OCc3ccccc3)cc2F)c2[nH]c3ccccc3c2C[C@H]1C. The van der Waals surface area contributed by atoms with E-state index in [-0.39, 0.29) is 76.1 Å². The minimum Gasteiger partial charge on any atom is -0.491 e. The number of aromatic amines is 1. The first kappa shape index (κ1) is 36.9. The van der Waals surface area contributed by atoms with Crippen molar-refractivity contribution in [3.63, 3.8) is 0 Å². The van der Waals surface area contributed by atoms with Crippen LogP contribution in [0.2, 0.25) is 0 Å². The summed E-state index contributed by atoms with van der Waals surface area (Å²) < 4.78 is 63.8. The van der Waals surface area contributed by atoms with Gasteiger partial charge in [0.15, 0.2) is 0 Å². The quantitative estimate of drug-likeness (QED) is 0.103. The number of para-hydroxylation sites is 1. The van der Waals surface area contributed by atoms with Crippen molar-refractivity contribution in [3.05, 3.63) is 101 Å². The van der Waals surface area contributed by atoms with Crippen LogP contribution in [0.4, 0.5) is 8.78 Å². The lowest BCUT2D eigenvalue weighted by Gasteiger charge is -2.42. The van der Waals surface area contributed by atoms with Crippen molar-refractivity contribution in [1.82, 2.24) is 9.88 Å². The highest BCUT2D eigenvalue weighted by Crippen LogP contribution is 2.43. The third kappa shape index (κ3) is 9.45. The summed E-state index contributed by atoms with van der Waals surface area (Å²) in [7, 11) is 1.33. The Balaban J connectivity index is 1.09. The fraction of sp³-hybridized carbons (Fsp3) is 0.421. The van der Waals surface area contributed by atoms with E-state index in [0.717, 1.165) is 22.0 Å². The molecule has 1 aliphatic rings. The number of hydrogen-bond acceptors (Lipinski definition) is 9. The lowest BCUT2D eigenvalue weighted by Crippen LogP contribution is -2.46. The number of carbonyl (C=O) groups is 2. The molecule has 0 aliphatic carbocycles. The maximum atomic E-state index is 15.9. The predicted molar refractivity (Wildman–Crippen MR) is 182 cm³/mol. The molecule has 2 heterocycles. The van der Waals surface area contributed by atoms with Crippen molar-refractivity contribution in [2.24, 2.45) is 5.92 Å². The standard InChI is InChI=1S/C38H44F2N2O8/c1-25(38(44)45-3)22-42-26(2)19-30-29-11-7-8-12-33(29)41-36(30)37(42)35-31(39)20-28(21-32(35)40)49-18-17-47-14-13-46-15-16-48-24-34(43)50-23-27-9-5-4-6-10-27/h4-12,20-21,25-26,37,41H,13-19,22-24H2,1-3H3/t25-,26+,37?/m0/s1. The highest BCUT2D eigenvalue weighted by Gasteiger charge is 2.40. The van der Waals surface area contributed by atoms with E-state index in [0.29, 0.717) is 18.7 Å². The van der Waals surface area contributed by atoms with Gasteiger partial charge < -0.3 is 33.4 Å². The molecule has 12 heteroatoms. The van der Waals surface area contributed by atoms with Crippen LogP contribution in [0.15, 0.2) is 66.7 Å². The van der Waals surface area contributed by atoms with Gasteiger partial charge in [-0.05, 0) is 30.5 Å². The predicted octanol–water partition coefficient (Wildman–Crippen LogP) is 5.76. The second kappa shape index (κ2) is 18.0. The van der Waals surface area contributed by atoms with Crippen molar-refractivity contribution < 1.29 is 46.8 Å². The van der Waals surface area contributed by atoms with Gasteiger partial charge in [0.2, 0.25) is 0 Å². The maximum Gasteiger partial charge on any atom is 0.332 e. The van der Waals surface area contributed by atoms with Crippen LogP contribution in [0.5, 0.6) is 5.75 Å². The smallest absolute Gasteiger partial charge is 0.332 e. The molecule has 0 bridgehead atoms. The number of benzene rings is 3. The van der Waals surface area contributed by atoms with E-state index < -0.39 is 29.6 Å². The van der Waals surface area contributed by atoms with Crippen molar-refractivity contribution in [3.8, 4) is 5.75 Å². The molecule has 268 valence electrons. The average molecular weight is 695 g/mol. The molecule has 1 aliphatic heterocycles. The van der Waals surface area contributed by atoms with Gasteiger partial charge in [0.25, 0.3) is 0 Å². The lowest BCUT2D eigenvalue weighted by atomic mass is 9.87. The van der Waals surface area contributed by atoms with Crippen molar-refractivity contribution in [2.75, 3.05) is 59.9 Å². The molecule has 0 saturated carbocycles. The number of carbonyl (C=O) groups excluding carboxylic acids is 2. The number of H-pyrrole nitrogens is 1. The van der Waals surface area contributed by atoms with Gasteiger partial charge in [-0.2, -0.15) is 0 Å². The Bertz CT molecular complexity index is 1690. The highest BCUT2D eigenvalue weighted by molar-refractivity contribution is 5.85. The number of hydrogen-bond donors (Lipinski definition) is 1. The number of fused-ring (bicyclic) bond motifs is 3. The molecule has 0 spiro atoms. The fourth-order valence-electron chi connectivity index (χ4n) is 6.19. The van der Waals surface area contributed by atoms with Gasteiger partial charge in [0.05, 0.1) is 52.1 Å². The number of nitrogens with one attached hydrogen (secondary N) is 1. The van der Waals surface area contributed by atoms with Gasteiger partial charge in [-0.3, -0.25) is 9.69 Å². The first-order chi connectivity index (χ1) is 24.3. The van der Waals surface area contributed by atoms with Crippen LogP contribution in [-0.4, -0.2) is 87.8 Å². The Morgan fingerprint density at radius 2 is 1.54 bits per heavy atom. The summed E-state index contributed by atoms with van der Waals surface area (Å²) in [6.45, 7) is 5.34. The maximum absolute atomic E-state index is 15.9. The molecular weight excluding hydrogens is 650 g/mol. The number of nitrogens with zero attached hydrogens (tertiary/aromatic N) is 1. The molecule has 1 aromatic heterocycles. The Kier molecular flexibility index (Phi) is 13.3. The molecule has 4 aromatic rings. The van der Waals surface area contributed by atoms with Crippen LogP contribution in [0.1, 0.15) is 42.3 Å². The first-order valence-corrected chi connectivity index (χ1v) is 16.7. The zero-order valence-electron chi connectivity index (χ0n) is 28.6. The van der Waals surface area contributed by atoms with E-state index in [1.54, 1.807) is 6.92 Å². The van der Waals surface area contributed by atoms with Crippen LogP contribution in [0.25, 0.3) is 10.9 Å². The van der Waals surface area contributed by atoms with Crippen molar-refractivity contribution >= 4 is 22.8 Å². The fourth-order valence-corrected chi connectivity index (χ4v) is 6.19. The largest absolute Gasteiger partial charge is 0.491 e. The van der Waals surface area contributed by atoms with Crippen LogP contribution < -0.4 is 4.74 Å². The van der Waals surface area contributed by atoms with Gasteiger partial charge >= 0.3 is 11.9 Å². The molecule has 10 nitrogen and oxygen atoms in total. The van der Waals surface area contributed by atoms with Gasteiger partial charge in [-0.1, -0.05) is 55.5 Å². The minimum atomic E-state index is -0.801. The summed E-state index contributed by atoms with van der Waals surface area (Å²) in [6.07, 6.45) is 0.652. The molecule has 1 N–H and O–H groups in total. The molecular formula is C38H44F2N2O8. The monoisotopic (exact) mass is 694 g/mol. The van der Waals surface area contributed by atoms with Crippen LogP contribution >= 0.6 is 0 Å². The van der Waals surface area contributed by atoms with Crippen molar-refractivity contribution in [1.29, 1.82) is 0 Å². The molecule has 0 saturated heterocycles. The Morgan fingerprint density at radius 1 is 0.900 bits per heavy atom. The van der Waals surface area contributed by atoms with Crippen LogP contribution in [-0.2, 0) is 46.3 Å². The number of rotatable bonds is 18. The average Bonchev–Trinajstić information content (AvgIpc) is 3.48. The summed E-state index contributed by atoms with van der Waals surface area (Å²) in [5.41, 5.74) is 3.38. The first-order valence-electron chi connectivity index (χ1n) is 16.7. The molecule has 3 aromatic carbocycles. The summed E-state index contributed by atoms with van der Waals surface area (Å²) in [4.78, 5) is 29.5. The summed E-state index contributed by atoms with van der Waals surface area (Å²) in [5, 5.41) is 1.01. The van der Waals surface area contributed by atoms with Gasteiger partial charge in [0.1, 0.15) is 37.2 Å². The topological polar surface area (TPSA) is 109 Å². The molecule has 0 amide bonds. The third-order valence-corrected chi connectivity index (χ3v) is 8.63. The molecule has 1 unspecified atom stereocenters. The van der Waals surface area contributed by atoms with E-state index in [1.165, 1.54) is 19.2 Å². The summed E-state index contributed by atoms with van der Waals surface area (Å²) in [5.74, 6) is -2.81. The van der Waals surface area contributed by atoms with E-state index in [9.17, 15) is 9.59 Å². The molecule has 5 rings (SSSR count). The van der Waals surface area contributed by atoms with Gasteiger partial charge in [-0.25, -0.2) is 13.6 Å². The van der Waals surface area contributed by atoms with Crippen molar-refractivity contribution in [2.45, 2.75) is 39.0 Å².